The first-order valence-electron chi connectivity index (χ1n) is 18.6. The molecule has 2 aromatic heterocycles. The molecule has 0 aliphatic rings. The van der Waals surface area contributed by atoms with Crippen molar-refractivity contribution < 1.29 is 9.84 Å². The van der Waals surface area contributed by atoms with Gasteiger partial charge in [-0.3, -0.25) is 0 Å². The highest BCUT2D eigenvalue weighted by atomic mass is 35.5. The number of methoxy groups -OCH3 is 1. The van der Waals surface area contributed by atoms with E-state index in [1.54, 1.807) is 11.9 Å². The van der Waals surface area contributed by atoms with Gasteiger partial charge >= 0.3 is 0 Å². The zero-order valence-corrected chi connectivity index (χ0v) is 31.6. The summed E-state index contributed by atoms with van der Waals surface area (Å²) in [5, 5.41) is 27.6. The Hall–Kier alpha value is -6.09. The van der Waals surface area contributed by atoms with Gasteiger partial charge in [0.2, 0.25) is 5.82 Å². The summed E-state index contributed by atoms with van der Waals surface area (Å²) in [6.07, 6.45) is 2.86. The smallest absolute Gasteiger partial charge is 0.205 e. The van der Waals surface area contributed by atoms with Crippen molar-refractivity contribution in [1.82, 2.24) is 29.8 Å². The number of imidazole rings is 1. The van der Waals surface area contributed by atoms with Gasteiger partial charge in [0.25, 0.3) is 0 Å². The van der Waals surface area contributed by atoms with E-state index >= 15 is 0 Å². The van der Waals surface area contributed by atoms with Gasteiger partial charge in [-0.25, -0.2) is 4.98 Å². The molecule has 0 fully saturated rings. The molecule has 0 saturated carbocycles. The fraction of sp³-hybridized carbons (Fsp3) is 0.174. The van der Waals surface area contributed by atoms with Gasteiger partial charge in [-0.15, -0.1) is 15.0 Å². The fourth-order valence-corrected chi connectivity index (χ4v) is 7.86. The van der Waals surface area contributed by atoms with Crippen molar-refractivity contribution in [1.29, 1.82) is 0 Å². The Bertz CT molecular complexity index is 2540. The Morgan fingerprint density at radius 2 is 1.44 bits per heavy atom. The number of halogens is 1. The quantitative estimate of drug-likeness (QED) is 0.118. The minimum Gasteiger partial charge on any atom is -0.497 e. The number of hydrogen-bond donors (Lipinski definition) is 1. The Morgan fingerprint density at radius 3 is 2.18 bits per heavy atom. The molecule has 9 heteroatoms. The molecule has 0 saturated heterocycles. The van der Waals surface area contributed by atoms with Crippen molar-refractivity contribution in [2.45, 2.75) is 44.9 Å². The molecule has 2 heterocycles. The summed E-state index contributed by atoms with van der Waals surface area (Å²) in [6, 6.07) is 49.9. The maximum Gasteiger partial charge on any atom is 0.205 e. The second-order valence-corrected chi connectivity index (χ2v) is 13.9. The lowest BCUT2D eigenvalue weighted by molar-refractivity contribution is 0.271. The molecule has 0 aliphatic carbocycles. The lowest BCUT2D eigenvalue weighted by Crippen LogP contribution is -2.40. The predicted molar refractivity (Wildman–Crippen MR) is 218 cm³/mol. The summed E-state index contributed by atoms with van der Waals surface area (Å²) in [7, 11) is 1.67. The molecular weight excluding hydrogens is 704 g/mol. The van der Waals surface area contributed by atoms with Crippen LogP contribution in [0.25, 0.3) is 33.3 Å². The molecule has 0 amide bonds. The van der Waals surface area contributed by atoms with Crippen molar-refractivity contribution >= 4 is 22.4 Å². The van der Waals surface area contributed by atoms with Crippen LogP contribution in [-0.4, -0.2) is 42.0 Å². The number of aromatic nitrogens is 6. The van der Waals surface area contributed by atoms with Crippen LogP contribution >= 0.6 is 11.6 Å². The normalized spacial score (nSPS) is 12.5. The lowest BCUT2D eigenvalue weighted by Gasteiger charge is -2.35. The zero-order valence-electron chi connectivity index (χ0n) is 30.8. The molecule has 1 atom stereocenters. The molecule has 6 aromatic carbocycles. The van der Waals surface area contributed by atoms with Crippen LogP contribution < -0.4 is 4.74 Å². The number of aliphatic hydroxyl groups excluding tert-OH is 1. The van der Waals surface area contributed by atoms with Crippen molar-refractivity contribution in [2.75, 3.05) is 7.11 Å². The van der Waals surface area contributed by atoms with E-state index in [0.29, 0.717) is 23.2 Å². The maximum atomic E-state index is 10.1. The number of nitrogens with zero attached hydrogens (tertiary/aromatic N) is 6. The van der Waals surface area contributed by atoms with Crippen molar-refractivity contribution in [3.8, 4) is 28.3 Å². The van der Waals surface area contributed by atoms with Gasteiger partial charge in [0.05, 0.1) is 19.4 Å². The van der Waals surface area contributed by atoms with Crippen LogP contribution in [0.5, 0.6) is 5.75 Å². The molecule has 274 valence electrons. The van der Waals surface area contributed by atoms with Crippen LogP contribution in [0.15, 0.2) is 146 Å². The number of aliphatic hydroxyl groups is 1. The number of rotatable bonds is 13. The third kappa shape index (κ3) is 6.68. The molecule has 1 N–H and O–H groups in total. The molecular formula is C46H41ClN6O2. The Morgan fingerprint density at radius 1 is 0.745 bits per heavy atom. The number of hydrogen-bond acceptors (Lipinski definition) is 6. The minimum atomic E-state index is -0.990. The summed E-state index contributed by atoms with van der Waals surface area (Å²) in [4.78, 5) is 6.34. The summed E-state index contributed by atoms with van der Waals surface area (Å²) >= 11 is 6.43. The molecule has 0 radical (unpaired) electrons. The van der Waals surface area contributed by atoms with E-state index in [0.717, 1.165) is 80.6 Å². The number of fused-ring (bicyclic) bond motifs is 1. The molecule has 8 nitrogen and oxygen atoms in total. The van der Waals surface area contributed by atoms with E-state index in [-0.39, 0.29) is 6.61 Å². The number of tetrazole rings is 1. The highest BCUT2D eigenvalue weighted by molar-refractivity contribution is 6.30. The number of aryl methyl sites for hydroxylation is 1. The van der Waals surface area contributed by atoms with Gasteiger partial charge in [-0.1, -0.05) is 158 Å². The van der Waals surface area contributed by atoms with Crippen LogP contribution in [0.3, 0.4) is 0 Å². The third-order valence-electron chi connectivity index (χ3n) is 10.4. The first-order valence-corrected chi connectivity index (χ1v) is 18.9. The first kappa shape index (κ1) is 35.9. The second kappa shape index (κ2) is 15.7. The van der Waals surface area contributed by atoms with Crippen LogP contribution in [0.4, 0.5) is 0 Å². The molecule has 1 unspecified atom stereocenters. The van der Waals surface area contributed by atoms with Gasteiger partial charge in [0, 0.05) is 18.5 Å². The van der Waals surface area contributed by atoms with E-state index in [1.165, 1.54) is 0 Å². The minimum absolute atomic E-state index is 0.165. The number of benzene rings is 6. The lowest BCUT2D eigenvalue weighted by atomic mass is 9.75. The van der Waals surface area contributed by atoms with E-state index in [4.69, 9.17) is 31.7 Å². The van der Waals surface area contributed by atoms with E-state index in [9.17, 15) is 5.11 Å². The molecule has 0 aliphatic heterocycles. The SMILES string of the molecule is CCCCc1nc(Cl)c(CO)n1Cc1ccc(-c2ccccc2-c2nnn(C(c3ccccc3)(c3ccc(OC)cc3)c3cccc4ccccc34)n2)cc1. The fourth-order valence-electron chi connectivity index (χ4n) is 7.60. The van der Waals surface area contributed by atoms with Gasteiger partial charge in [0.15, 0.2) is 10.7 Å². The number of unbranched alkanes of at least 4 members (excludes halogenated alkanes) is 1. The average Bonchev–Trinajstić information content (AvgIpc) is 3.85. The van der Waals surface area contributed by atoms with Crippen LogP contribution in [0.2, 0.25) is 5.15 Å². The van der Waals surface area contributed by atoms with E-state index in [1.807, 2.05) is 53.1 Å². The monoisotopic (exact) mass is 744 g/mol. The van der Waals surface area contributed by atoms with Gasteiger partial charge in [-0.05, 0) is 67.9 Å². The van der Waals surface area contributed by atoms with Gasteiger partial charge in [-0.2, -0.15) is 0 Å². The maximum absolute atomic E-state index is 10.1. The highest BCUT2D eigenvalue weighted by Crippen LogP contribution is 2.44. The van der Waals surface area contributed by atoms with Gasteiger partial charge < -0.3 is 14.4 Å². The summed E-state index contributed by atoms with van der Waals surface area (Å²) < 4.78 is 7.63. The van der Waals surface area contributed by atoms with Gasteiger partial charge in [0.1, 0.15) is 11.6 Å². The van der Waals surface area contributed by atoms with E-state index < -0.39 is 5.54 Å². The first-order chi connectivity index (χ1) is 27.0. The summed E-state index contributed by atoms with van der Waals surface area (Å²) in [5.41, 5.74) is 6.57. The summed E-state index contributed by atoms with van der Waals surface area (Å²) in [6.45, 7) is 2.55. The average molecular weight is 745 g/mol. The highest BCUT2D eigenvalue weighted by Gasteiger charge is 2.42. The topological polar surface area (TPSA) is 90.9 Å². The predicted octanol–water partition coefficient (Wildman–Crippen LogP) is 9.74. The zero-order chi connectivity index (χ0) is 37.8. The van der Waals surface area contributed by atoms with Crippen molar-refractivity contribution in [3.63, 3.8) is 0 Å². The molecule has 8 rings (SSSR count). The Balaban J connectivity index is 1.23. The Labute approximate surface area is 325 Å². The molecule has 0 bridgehead atoms. The molecule has 8 aromatic rings. The number of ether oxygens (including phenoxy) is 1. The Kier molecular flexibility index (Phi) is 10.3. The van der Waals surface area contributed by atoms with Crippen LogP contribution in [0.1, 0.15) is 53.5 Å². The third-order valence-corrected chi connectivity index (χ3v) is 10.7. The second-order valence-electron chi connectivity index (χ2n) is 13.6. The standard InChI is InChI=1S/C46H41ClN6O2/c1-3-4-21-43-48-44(47)42(31-54)52(43)30-32-22-24-34(25-23-32)38-17-10-11-19-40(38)45-49-51-53(50-45)46(35-15-6-5-7-16-35,36-26-28-37(55-2)29-27-36)41-20-12-14-33-13-8-9-18-39(33)41/h5-20,22-29,54H,3-4,21,30-31H2,1-2H3. The molecule has 55 heavy (non-hydrogen) atoms. The van der Waals surface area contributed by atoms with E-state index in [2.05, 4.69) is 109 Å². The largest absolute Gasteiger partial charge is 0.497 e. The van der Waals surface area contributed by atoms with Crippen LogP contribution in [0, 0.1) is 0 Å². The molecule has 0 spiro atoms. The summed E-state index contributed by atoms with van der Waals surface area (Å²) in [5.74, 6) is 2.16. The van der Waals surface area contributed by atoms with Crippen molar-refractivity contribution in [2.24, 2.45) is 0 Å². The van der Waals surface area contributed by atoms with Crippen LogP contribution in [-0.2, 0) is 25.1 Å². The van der Waals surface area contributed by atoms with Crippen molar-refractivity contribution in [3.05, 3.63) is 185 Å².